The van der Waals surface area contributed by atoms with E-state index in [1.54, 1.807) is 22.5 Å². The fraction of sp³-hybridized carbons (Fsp3) is 0.368. The maximum Gasteiger partial charge on any atom is 0.341 e. The van der Waals surface area contributed by atoms with Gasteiger partial charge in [-0.1, -0.05) is 17.3 Å². The summed E-state index contributed by atoms with van der Waals surface area (Å²) in [5, 5.41) is 22.1. The number of ether oxygens (including phenoxy) is 1. The molecule has 1 aliphatic carbocycles. The van der Waals surface area contributed by atoms with Gasteiger partial charge < -0.3 is 9.84 Å². The topological polar surface area (TPSA) is 95.1 Å². The summed E-state index contributed by atoms with van der Waals surface area (Å²) in [5.41, 5.74) is 3.79. The van der Waals surface area contributed by atoms with Crippen LogP contribution in [-0.2, 0) is 18.4 Å². The molecule has 3 aromatic rings. The zero-order valence-corrected chi connectivity index (χ0v) is 15.2. The summed E-state index contributed by atoms with van der Waals surface area (Å²) in [4.78, 5) is 12.5. The highest BCUT2D eigenvalue weighted by Gasteiger charge is 2.46. The second-order valence-electron chi connectivity index (χ2n) is 6.67. The van der Waals surface area contributed by atoms with Gasteiger partial charge in [0.1, 0.15) is 5.56 Å². The third-order valence-electron chi connectivity index (χ3n) is 4.78. The molecule has 27 heavy (non-hydrogen) atoms. The molecule has 8 heteroatoms. The number of hydrogen-bond donors (Lipinski definition) is 1. The van der Waals surface area contributed by atoms with E-state index >= 15 is 0 Å². The number of hydrogen-bond acceptors (Lipinski definition) is 6. The predicted molar refractivity (Wildman–Crippen MR) is 96.5 cm³/mol. The lowest BCUT2D eigenvalue weighted by Gasteiger charge is -2.10. The Hall–Kier alpha value is -3.00. The van der Waals surface area contributed by atoms with Crippen molar-refractivity contribution in [3.8, 4) is 5.69 Å². The molecule has 8 nitrogen and oxygen atoms in total. The van der Waals surface area contributed by atoms with Crippen molar-refractivity contribution < 1.29 is 14.6 Å². The number of aromatic nitrogens is 5. The highest BCUT2D eigenvalue weighted by atomic mass is 16.5. The average molecular weight is 367 g/mol. The van der Waals surface area contributed by atoms with Gasteiger partial charge in [0.2, 0.25) is 0 Å². The Bertz CT molecular complexity index is 977. The van der Waals surface area contributed by atoms with Gasteiger partial charge in [0.15, 0.2) is 0 Å². The third-order valence-corrected chi connectivity index (χ3v) is 4.78. The zero-order valence-electron chi connectivity index (χ0n) is 15.2. The first-order valence-corrected chi connectivity index (χ1v) is 8.93. The molecule has 1 fully saturated rings. The van der Waals surface area contributed by atoms with Gasteiger partial charge in [0.25, 0.3) is 0 Å². The van der Waals surface area contributed by atoms with Crippen molar-refractivity contribution in [1.29, 1.82) is 0 Å². The van der Waals surface area contributed by atoms with Crippen molar-refractivity contribution in [3.63, 3.8) is 0 Å². The van der Waals surface area contributed by atoms with Crippen LogP contribution in [0.15, 0.2) is 36.7 Å². The summed E-state index contributed by atoms with van der Waals surface area (Å²) in [7, 11) is 1.84. The van der Waals surface area contributed by atoms with Gasteiger partial charge in [-0.3, -0.25) is 4.68 Å². The molecule has 1 N–H and O–H groups in total. The van der Waals surface area contributed by atoms with E-state index in [9.17, 15) is 9.90 Å². The Morgan fingerprint density at radius 2 is 2.22 bits per heavy atom. The molecule has 2 atom stereocenters. The molecular weight excluding hydrogens is 346 g/mol. The van der Waals surface area contributed by atoms with E-state index in [-0.39, 0.29) is 24.4 Å². The Balaban J connectivity index is 1.75. The molecule has 0 aliphatic heterocycles. The van der Waals surface area contributed by atoms with Crippen LogP contribution in [0.4, 0.5) is 0 Å². The number of aryl methyl sites for hydroxylation is 1. The van der Waals surface area contributed by atoms with Gasteiger partial charge in [0, 0.05) is 25.1 Å². The lowest BCUT2D eigenvalue weighted by Crippen LogP contribution is -2.09. The first-order valence-electron chi connectivity index (χ1n) is 8.93. The molecule has 2 aromatic heterocycles. The van der Waals surface area contributed by atoms with Crippen LogP contribution < -0.4 is 0 Å². The van der Waals surface area contributed by atoms with Gasteiger partial charge in [0.05, 0.1) is 36.5 Å². The normalized spacial score (nSPS) is 18.5. The van der Waals surface area contributed by atoms with Crippen molar-refractivity contribution >= 4 is 5.97 Å². The number of carbonyl (C=O) groups is 1. The van der Waals surface area contributed by atoms with E-state index in [2.05, 4.69) is 15.4 Å². The van der Waals surface area contributed by atoms with Gasteiger partial charge in [-0.05, 0) is 31.0 Å². The first-order chi connectivity index (χ1) is 13.1. The van der Waals surface area contributed by atoms with E-state index < -0.39 is 0 Å². The van der Waals surface area contributed by atoms with Crippen LogP contribution in [-0.4, -0.2) is 42.5 Å². The predicted octanol–water partition coefficient (Wildman–Crippen LogP) is 1.94. The quantitative estimate of drug-likeness (QED) is 0.669. The minimum absolute atomic E-state index is 0.0547. The van der Waals surface area contributed by atoms with Crippen LogP contribution in [0.3, 0.4) is 0 Å². The fourth-order valence-electron chi connectivity index (χ4n) is 3.43. The Kier molecular flexibility index (Phi) is 4.49. The summed E-state index contributed by atoms with van der Waals surface area (Å²) < 4.78 is 8.67. The maximum atomic E-state index is 12.5. The van der Waals surface area contributed by atoms with E-state index in [0.29, 0.717) is 12.2 Å². The van der Waals surface area contributed by atoms with Crippen molar-refractivity contribution in [1.82, 2.24) is 24.8 Å². The largest absolute Gasteiger partial charge is 0.462 e. The van der Waals surface area contributed by atoms with Crippen molar-refractivity contribution in [2.75, 3.05) is 6.61 Å². The number of esters is 1. The van der Waals surface area contributed by atoms with E-state index in [0.717, 1.165) is 29.1 Å². The number of benzene rings is 1. The lowest BCUT2D eigenvalue weighted by molar-refractivity contribution is 0.0525. The molecule has 0 bridgehead atoms. The van der Waals surface area contributed by atoms with E-state index in [1.807, 2.05) is 37.5 Å². The van der Waals surface area contributed by atoms with E-state index in [1.165, 1.54) is 0 Å². The molecule has 0 radical (unpaired) electrons. The monoisotopic (exact) mass is 367 g/mol. The van der Waals surface area contributed by atoms with Gasteiger partial charge >= 0.3 is 5.97 Å². The summed E-state index contributed by atoms with van der Waals surface area (Å²) in [6.45, 7) is 2.04. The summed E-state index contributed by atoms with van der Waals surface area (Å²) in [5.74, 6) is -0.0633. The van der Waals surface area contributed by atoms with Crippen LogP contribution in [0.1, 0.15) is 52.5 Å². The SMILES string of the molecule is CCOC(=O)c1cnn(-c2cccc(CO)c2)c1C1CC1c1cn(C)nn1. The maximum absolute atomic E-state index is 12.5. The van der Waals surface area contributed by atoms with Gasteiger partial charge in [-0.2, -0.15) is 5.10 Å². The first kappa shape index (κ1) is 17.4. The van der Waals surface area contributed by atoms with Crippen LogP contribution in [0.25, 0.3) is 5.69 Å². The number of aliphatic hydroxyl groups is 1. The molecule has 1 saturated carbocycles. The van der Waals surface area contributed by atoms with Crippen LogP contribution in [0.2, 0.25) is 0 Å². The van der Waals surface area contributed by atoms with Crippen molar-refractivity contribution in [3.05, 3.63) is 59.2 Å². The minimum Gasteiger partial charge on any atom is -0.462 e. The standard InChI is InChI=1S/C19H21N5O3/c1-3-27-19(26)16-9-20-24(13-6-4-5-12(7-13)11-25)18(16)15-8-14(15)17-10-23(2)22-21-17/h4-7,9-10,14-15,25H,3,8,11H2,1-2H3. The molecule has 2 heterocycles. The van der Waals surface area contributed by atoms with Gasteiger partial charge in [-0.15, -0.1) is 5.10 Å². The minimum atomic E-state index is -0.373. The van der Waals surface area contributed by atoms with Crippen LogP contribution in [0.5, 0.6) is 0 Å². The molecule has 0 spiro atoms. The molecular formula is C19H21N5O3. The average Bonchev–Trinajstić information content (AvgIpc) is 3.13. The number of carbonyl (C=O) groups excluding carboxylic acids is 1. The fourth-order valence-corrected chi connectivity index (χ4v) is 3.43. The molecule has 0 amide bonds. The number of aliphatic hydroxyl groups excluding tert-OH is 1. The van der Waals surface area contributed by atoms with Crippen molar-refractivity contribution in [2.45, 2.75) is 31.8 Å². The Morgan fingerprint density at radius 3 is 2.93 bits per heavy atom. The molecule has 2 unspecified atom stereocenters. The number of rotatable bonds is 6. The summed E-state index contributed by atoms with van der Waals surface area (Å²) >= 11 is 0. The third kappa shape index (κ3) is 3.23. The number of nitrogens with zero attached hydrogens (tertiary/aromatic N) is 5. The molecule has 1 aliphatic rings. The molecule has 0 saturated heterocycles. The summed E-state index contributed by atoms with van der Waals surface area (Å²) in [6.07, 6.45) is 4.34. The molecule has 140 valence electrons. The van der Waals surface area contributed by atoms with E-state index in [4.69, 9.17) is 4.74 Å². The Labute approximate surface area is 156 Å². The molecule has 4 rings (SSSR count). The molecule has 1 aromatic carbocycles. The Morgan fingerprint density at radius 1 is 1.37 bits per heavy atom. The van der Waals surface area contributed by atoms with Crippen molar-refractivity contribution in [2.24, 2.45) is 7.05 Å². The second kappa shape index (κ2) is 6.96. The highest BCUT2D eigenvalue weighted by Crippen LogP contribution is 2.55. The zero-order chi connectivity index (χ0) is 19.0. The lowest BCUT2D eigenvalue weighted by atomic mass is 10.1. The van der Waals surface area contributed by atoms with Crippen LogP contribution in [0, 0.1) is 0 Å². The van der Waals surface area contributed by atoms with Crippen LogP contribution >= 0.6 is 0 Å². The van der Waals surface area contributed by atoms with Gasteiger partial charge in [-0.25, -0.2) is 9.48 Å². The smallest absolute Gasteiger partial charge is 0.341 e. The highest BCUT2D eigenvalue weighted by molar-refractivity contribution is 5.91. The summed E-state index contributed by atoms with van der Waals surface area (Å²) in [6, 6.07) is 7.48. The second-order valence-corrected chi connectivity index (χ2v) is 6.67.